The van der Waals surface area contributed by atoms with Gasteiger partial charge < -0.3 is 15.0 Å². The summed E-state index contributed by atoms with van der Waals surface area (Å²) in [6.45, 7) is -0.921. The second kappa shape index (κ2) is 8.93. The van der Waals surface area contributed by atoms with Crippen LogP contribution in [0.5, 0.6) is 0 Å². The molecule has 2 aromatic rings. The summed E-state index contributed by atoms with van der Waals surface area (Å²) in [7, 11) is 0. The molecule has 1 aliphatic rings. The first-order chi connectivity index (χ1) is 14.6. The minimum atomic E-state index is -4.63. The van der Waals surface area contributed by atoms with Gasteiger partial charge in [0.1, 0.15) is 5.82 Å². The number of hydrogen-bond acceptors (Lipinski definition) is 4. The molecule has 1 N–H and O–H groups in total. The summed E-state index contributed by atoms with van der Waals surface area (Å²) in [5.74, 6) is -3.80. The highest BCUT2D eigenvalue weighted by molar-refractivity contribution is 6.33. The van der Waals surface area contributed by atoms with E-state index in [1.807, 2.05) is 0 Å². The molecule has 1 aliphatic heterocycles. The fourth-order valence-corrected chi connectivity index (χ4v) is 3.17. The van der Waals surface area contributed by atoms with Crippen LogP contribution in [0.1, 0.15) is 12.0 Å². The van der Waals surface area contributed by atoms with Crippen LogP contribution in [-0.4, -0.2) is 30.9 Å². The zero-order valence-corrected chi connectivity index (χ0v) is 16.5. The number of esters is 1. The number of rotatable bonds is 5. The van der Waals surface area contributed by atoms with Crippen LogP contribution in [0.3, 0.4) is 0 Å². The Labute approximate surface area is 178 Å². The number of carbonyl (C=O) groups is 3. The maximum atomic E-state index is 13.9. The Balaban J connectivity index is 1.57. The Morgan fingerprint density at radius 1 is 1.19 bits per heavy atom. The van der Waals surface area contributed by atoms with Crippen LogP contribution in [0.4, 0.5) is 28.9 Å². The Morgan fingerprint density at radius 3 is 2.58 bits per heavy atom. The van der Waals surface area contributed by atoms with Gasteiger partial charge in [-0.05, 0) is 30.3 Å². The van der Waals surface area contributed by atoms with Crippen LogP contribution in [0, 0.1) is 11.7 Å². The topological polar surface area (TPSA) is 75.7 Å². The Bertz CT molecular complexity index is 1030. The molecule has 0 spiro atoms. The van der Waals surface area contributed by atoms with Crippen molar-refractivity contribution < 1.29 is 36.7 Å². The first kappa shape index (κ1) is 22.5. The van der Waals surface area contributed by atoms with E-state index in [2.05, 4.69) is 5.32 Å². The van der Waals surface area contributed by atoms with Crippen molar-refractivity contribution in [3.05, 3.63) is 58.9 Å². The predicted molar refractivity (Wildman–Crippen MR) is 103 cm³/mol. The van der Waals surface area contributed by atoms with Crippen LogP contribution >= 0.6 is 11.6 Å². The largest absolute Gasteiger partial charge is 0.455 e. The van der Waals surface area contributed by atoms with E-state index in [-0.39, 0.29) is 29.4 Å². The molecule has 6 nitrogen and oxygen atoms in total. The molecule has 31 heavy (non-hydrogen) atoms. The molecule has 2 amide bonds. The average molecular weight is 459 g/mol. The number of nitrogens with one attached hydrogen (secondary N) is 1. The average Bonchev–Trinajstić information content (AvgIpc) is 3.09. The van der Waals surface area contributed by atoms with Crippen LogP contribution in [0.25, 0.3) is 0 Å². The smallest absolute Gasteiger partial charge is 0.416 e. The SMILES string of the molecule is O=C(COC(=O)[C@@H]1CC(=O)N(c2ccccc2F)C1)Nc1cc(C(F)(F)F)ccc1Cl. The van der Waals surface area contributed by atoms with Gasteiger partial charge in [-0.15, -0.1) is 0 Å². The third kappa shape index (κ3) is 5.32. The maximum Gasteiger partial charge on any atom is 0.416 e. The summed E-state index contributed by atoms with van der Waals surface area (Å²) in [5, 5.41) is 2.01. The van der Waals surface area contributed by atoms with E-state index in [1.165, 1.54) is 18.2 Å². The van der Waals surface area contributed by atoms with Crippen molar-refractivity contribution in [1.82, 2.24) is 0 Å². The molecule has 164 valence electrons. The lowest BCUT2D eigenvalue weighted by molar-refractivity contribution is -0.151. The zero-order valence-electron chi connectivity index (χ0n) is 15.7. The molecule has 2 aromatic carbocycles. The second-order valence-electron chi connectivity index (χ2n) is 6.71. The number of halogens is 5. The third-order valence-electron chi connectivity index (χ3n) is 4.51. The summed E-state index contributed by atoms with van der Waals surface area (Å²) >= 11 is 5.80. The quantitative estimate of drug-likeness (QED) is 0.542. The molecule has 0 aromatic heterocycles. The van der Waals surface area contributed by atoms with Gasteiger partial charge in [0.25, 0.3) is 5.91 Å². The standard InChI is InChI=1S/C20H15ClF4N2O4/c21-13-6-5-12(20(23,24)25)8-15(13)26-17(28)10-31-19(30)11-7-18(29)27(9-11)16-4-2-1-3-14(16)22/h1-6,8,11H,7,9-10H2,(H,26,28)/t11-/m1/s1. The normalized spacial score (nSPS) is 16.4. The Morgan fingerprint density at radius 2 is 1.90 bits per heavy atom. The van der Waals surface area contributed by atoms with Gasteiger partial charge in [-0.25, -0.2) is 4.39 Å². The summed E-state index contributed by atoms with van der Waals surface area (Å²) in [6.07, 6.45) is -4.86. The summed E-state index contributed by atoms with van der Waals surface area (Å²) in [6, 6.07) is 7.97. The lowest BCUT2D eigenvalue weighted by Gasteiger charge is -2.17. The summed E-state index contributed by atoms with van der Waals surface area (Å²) < 4.78 is 57.1. The van der Waals surface area contributed by atoms with Gasteiger partial charge in [-0.1, -0.05) is 23.7 Å². The van der Waals surface area contributed by atoms with Gasteiger partial charge in [-0.3, -0.25) is 14.4 Å². The number of carbonyl (C=O) groups excluding carboxylic acids is 3. The molecule has 1 heterocycles. The van der Waals surface area contributed by atoms with Crippen molar-refractivity contribution in [2.24, 2.45) is 5.92 Å². The lowest BCUT2D eigenvalue weighted by Crippen LogP contribution is -2.28. The van der Waals surface area contributed by atoms with E-state index in [1.54, 1.807) is 6.07 Å². The fourth-order valence-electron chi connectivity index (χ4n) is 3.01. The number of nitrogens with zero attached hydrogens (tertiary/aromatic N) is 1. The molecule has 0 radical (unpaired) electrons. The van der Waals surface area contributed by atoms with Crippen molar-refractivity contribution in [1.29, 1.82) is 0 Å². The van der Waals surface area contributed by atoms with Crippen LogP contribution in [-0.2, 0) is 25.3 Å². The van der Waals surface area contributed by atoms with Crippen LogP contribution < -0.4 is 10.2 Å². The van der Waals surface area contributed by atoms with Crippen molar-refractivity contribution in [2.75, 3.05) is 23.4 Å². The molecule has 3 rings (SSSR count). The summed E-state index contributed by atoms with van der Waals surface area (Å²) in [4.78, 5) is 37.4. The van der Waals surface area contributed by atoms with Gasteiger partial charge >= 0.3 is 12.1 Å². The number of anilines is 2. The summed E-state index contributed by atoms with van der Waals surface area (Å²) in [5.41, 5.74) is -1.28. The number of ether oxygens (including phenoxy) is 1. The van der Waals surface area contributed by atoms with E-state index < -0.39 is 47.9 Å². The fraction of sp³-hybridized carbons (Fsp3) is 0.250. The van der Waals surface area contributed by atoms with E-state index >= 15 is 0 Å². The molecule has 1 saturated heterocycles. The lowest BCUT2D eigenvalue weighted by atomic mass is 10.1. The number of benzene rings is 2. The highest BCUT2D eigenvalue weighted by atomic mass is 35.5. The van der Waals surface area contributed by atoms with E-state index in [0.29, 0.717) is 6.07 Å². The van der Waals surface area contributed by atoms with Gasteiger partial charge in [0.15, 0.2) is 6.61 Å². The van der Waals surface area contributed by atoms with Crippen molar-refractivity contribution in [3.8, 4) is 0 Å². The first-order valence-corrected chi connectivity index (χ1v) is 9.32. The Kier molecular flexibility index (Phi) is 6.49. The molecular formula is C20H15ClF4N2O4. The molecule has 0 bridgehead atoms. The first-order valence-electron chi connectivity index (χ1n) is 8.94. The maximum absolute atomic E-state index is 13.9. The molecule has 1 fully saturated rings. The minimum absolute atomic E-state index is 0.0275. The zero-order chi connectivity index (χ0) is 22.8. The third-order valence-corrected chi connectivity index (χ3v) is 4.84. The number of para-hydroxylation sites is 1. The monoisotopic (exact) mass is 458 g/mol. The minimum Gasteiger partial charge on any atom is -0.455 e. The highest BCUT2D eigenvalue weighted by Crippen LogP contribution is 2.34. The van der Waals surface area contributed by atoms with Gasteiger partial charge in [0.2, 0.25) is 5.91 Å². The van der Waals surface area contributed by atoms with Gasteiger partial charge in [-0.2, -0.15) is 13.2 Å². The highest BCUT2D eigenvalue weighted by Gasteiger charge is 2.37. The van der Waals surface area contributed by atoms with E-state index in [9.17, 15) is 31.9 Å². The van der Waals surface area contributed by atoms with Crippen molar-refractivity contribution in [3.63, 3.8) is 0 Å². The molecule has 11 heteroatoms. The van der Waals surface area contributed by atoms with Crippen LogP contribution in [0.15, 0.2) is 42.5 Å². The molecule has 0 unspecified atom stereocenters. The molecule has 0 aliphatic carbocycles. The van der Waals surface area contributed by atoms with E-state index in [4.69, 9.17) is 16.3 Å². The van der Waals surface area contributed by atoms with E-state index in [0.717, 1.165) is 17.0 Å². The van der Waals surface area contributed by atoms with Gasteiger partial charge in [0, 0.05) is 13.0 Å². The predicted octanol–water partition coefficient (Wildman–Crippen LogP) is 4.03. The number of alkyl halides is 3. The van der Waals surface area contributed by atoms with Crippen molar-refractivity contribution >= 4 is 40.8 Å². The number of amides is 2. The molecular weight excluding hydrogens is 444 g/mol. The van der Waals surface area contributed by atoms with Crippen molar-refractivity contribution in [2.45, 2.75) is 12.6 Å². The molecule has 1 atom stereocenters. The van der Waals surface area contributed by atoms with Crippen LogP contribution in [0.2, 0.25) is 5.02 Å². The van der Waals surface area contributed by atoms with Gasteiger partial charge in [0.05, 0.1) is 27.9 Å². The Hall–Kier alpha value is -3.14. The number of hydrogen-bond donors (Lipinski definition) is 1. The second-order valence-corrected chi connectivity index (χ2v) is 7.11. The molecule has 0 saturated carbocycles.